The van der Waals surface area contributed by atoms with E-state index in [1.165, 1.54) is 11.1 Å². The molecule has 46 heavy (non-hydrogen) atoms. The van der Waals surface area contributed by atoms with Crippen LogP contribution in [0.5, 0.6) is 11.5 Å². The molecular weight excluding hydrogens is 580 g/mol. The van der Waals surface area contributed by atoms with E-state index < -0.39 is 6.10 Å². The third-order valence-corrected chi connectivity index (χ3v) is 10.6. The summed E-state index contributed by atoms with van der Waals surface area (Å²) in [6.45, 7) is 12.7. The van der Waals surface area contributed by atoms with E-state index in [1.807, 2.05) is 12.1 Å². The molecule has 2 aliphatic heterocycles. The van der Waals surface area contributed by atoms with Crippen molar-refractivity contribution in [2.75, 3.05) is 39.6 Å². The second-order valence-corrected chi connectivity index (χ2v) is 14.6. The Bertz CT molecular complexity index is 1340. The first kappa shape index (κ1) is 32.9. The number of allylic oxidation sites excluding steroid dienone is 4. The molecule has 0 saturated carbocycles. The number of benzene rings is 2. The maximum atomic E-state index is 10.6. The van der Waals surface area contributed by atoms with E-state index in [4.69, 9.17) is 28.4 Å². The highest BCUT2D eigenvalue weighted by molar-refractivity contribution is 5.34. The molecule has 0 amide bonds. The summed E-state index contributed by atoms with van der Waals surface area (Å²) in [6, 6.07) is 16.9. The Morgan fingerprint density at radius 1 is 0.652 bits per heavy atom. The highest BCUT2D eigenvalue weighted by Crippen LogP contribution is 2.42. The van der Waals surface area contributed by atoms with E-state index in [0.717, 1.165) is 74.8 Å². The van der Waals surface area contributed by atoms with Crippen molar-refractivity contribution in [1.29, 1.82) is 0 Å². The van der Waals surface area contributed by atoms with Crippen molar-refractivity contribution < 1.29 is 33.5 Å². The molecule has 0 radical (unpaired) electrons. The molecule has 1 N–H and O–H groups in total. The molecule has 0 bridgehead atoms. The summed E-state index contributed by atoms with van der Waals surface area (Å²) in [6.07, 6.45) is 10.3. The molecule has 2 fully saturated rings. The molecular formula is C39H52O7. The molecule has 250 valence electrons. The Balaban J connectivity index is 0.908. The number of hydrogen-bond acceptors (Lipinski definition) is 7. The van der Waals surface area contributed by atoms with Gasteiger partial charge in [0, 0.05) is 12.8 Å². The second kappa shape index (κ2) is 14.4. The number of aliphatic hydroxyl groups is 1. The van der Waals surface area contributed by atoms with Crippen molar-refractivity contribution in [2.24, 2.45) is 11.8 Å². The maximum Gasteiger partial charge on any atom is 0.122 e. The van der Waals surface area contributed by atoms with Crippen molar-refractivity contribution >= 4 is 0 Å². The lowest BCUT2D eigenvalue weighted by Crippen LogP contribution is -2.30. The number of aliphatic hydroxyl groups excluding tert-OH is 1. The molecule has 0 aromatic heterocycles. The van der Waals surface area contributed by atoms with E-state index in [9.17, 15) is 5.11 Å². The quantitative estimate of drug-likeness (QED) is 0.195. The average molecular weight is 633 g/mol. The topological polar surface area (TPSA) is 82.2 Å². The molecule has 7 nitrogen and oxygen atoms in total. The summed E-state index contributed by atoms with van der Waals surface area (Å²) < 4.78 is 34.2. The Kier molecular flexibility index (Phi) is 10.3. The van der Waals surface area contributed by atoms with E-state index in [0.29, 0.717) is 31.2 Å². The number of epoxide rings is 2. The third kappa shape index (κ3) is 8.67. The molecule has 2 aromatic rings. The summed E-state index contributed by atoms with van der Waals surface area (Å²) in [5, 5.41) is 10.6. The Labute approximate surface area is 274 Å². The van der Waals surface area contributed by atoms with Crippen LogP contribution in [0.25, 0.3) is 0 Å². The summed E-state index contributed by atoms with van der Waals surface area (Å²) in [5.41, 5.74) is 2.70. The van der Waals surface area contributed by atoms with Gasteiger partial charge < -0.3 is 33.5 Å². The van der Waals surface area contributed by atoms with Gasteiger partial charge in [0.1, 0.15) is 56.2 Å². The van der Waals surface area contributed by atoms with E-state index >= 15 is 0 Å². The summed E-state index contributed by atoms with van der Waals surface area (Å²) >= 11 is 0. The number of ether oxygens (including phenoxy) is 6. The molecule has 2 heterocycles. The van der Waals surface area contributed by atoms with Gasteiger partial charge in [-0.3, -0.25) is 0 Å². The van der Waals surface area contributed by atoms with Gasteiger partial charge in [0.15, 0.2) is 0 Å². The largest absolute Gasteiger partial charge is 0.495 e. The normalized spacial score (nSPS) is 25.2. The molecule has 6 rings (SSSR count). The molecule has 5 atom stereocenters. The fourth-order valence-electron chi connectivity index (χ4n) is 6.79. The van der Waals surface area contributed by atoms with Gasteiger partial charge in [-0.25, -0.2) is 0 Å². The predicted octanol–water partition coefficient (Wildman–Crippen LogP) is 7.26. The average Bonchev–Trinajstić information content (AvgIpc) is 4.01. The first-order chi connectivity index (χ1) is 22.2. The predicted molar refractivity (Wildman–Crippen MR) is 178 cm³/mol. The summed E-state index contributed by atoms with van der Waals surface area (Å²) in [4.78, 5) is 0. The number of hydrogen-bond donors (Lipinski definition) is 1. The molecule has 0 spiro atoms. The maximum absolute atomic E-state index is 10.6. The fourth-order valence-corrected chi connectivity index (χ4v) is 6.79. The molecule has 7 heteroatoms. The van der Waals surface area contributed by atoms with Crippen LogP contribution >= 0.6 is 0 Å². The van der Waals surface area contributed by atoms with Gasteiger partial charge in [-0.05, 0) is 95.9 Å². The van der Waals surface area contributed by atoms with Crippen LogP contribution in [0.1, 0.15) is 77.3 Å². The first-order valence-corrected chi connectivity index (χ1v) is 17.2. The molecule has 2 aliphatic carbocycles. The van der Waals surface area contributed by atoms with Crippen molar-refractivity contribution in [3.8, 4) is 11.5 Å². The molecule has 5 unspecified atom stereocenters. The lowest BCUT2D eigenvalue weighted by Gasteiger charge is -2.37. The third-order valence-electron chi connectivity index (χ3n) is 10.6. The van der Waals surface area contributed by atoms with Crippen LogP contribution in [0.4, 0.5) is 0 Å². The highest BCUT2D eigenvalue weighted by Gasteiger charge is 2.34. The van der Waals surface area contributed by atoms with Crippen molar-refractivity contribution in [3.05, 3.63) is 83.3 Å². The van der Waals surface area contributed by atoms with Gasteiger partial charge in [0.25, 0.3) is 0 Å². The zero-order chi connectivity index (χ0) is 32.1. The van der Waals surface area contributed by atoms with E-state index in [2.05, 4.69) is 76.2 Å². The minimum atomic E-state index is -0.699. The lowest BCUT2D eigenvalue weighted by atomic mass is 9.68. The summed E-state index contributed by atoms with van der Waals surface area (Å²) in [7, 11) is 0. The Morgan fingerprint density at radius 3 is 1.54 bits per heavy atom. The Morgan fingerprint density at radius 2 is 1.09 bits per heavy atom. The van der Waals surface area contributed by atoms with Crippen LogP contribution in [-0.2, 0) is 29.8 Å². The van der Waals surface area contributed by atoms with Gasteiger partial charge in [0.05, 0.1) is 24.7 Å². The van der Waals surface area contributed by atoms with Crippen LogP contribution in [0.3, 0.4) is 0 Å². The molecule has 4 aliphatic rings. The van der Waals surface area contributed by atoms with Crippen molar-refractivity contribution in [2.45, 2.75) is 95.4 Å². The molecule has 2 aromatic carbocycles. The molecule has 2 saturated heterocycles. The van der Waals surface area contributed by atoms with Crippen molar-refractivity contribution in [1.82, 2.24) is 0 Å². The lowest BCUT2D eigenvalue weighted by molar-refractivity contribution is 0.0326. The standard InChI is InChI=1S/C39H52O7/c1-38(2,29-9-17-34(18-10-29)43-23-36-25-45-36)27-5-13-32(14-6-27)41-21-31(40)22-42-33-15-7-28(8-16-33)39(3,4)30-11-19-35(20-12-30)44-24-37-26-46-37/h5-6,11-15,17,19-20,28-29,31,36-37,40H,7-10,16,18,21-26H2,1-4H3. The smallest absolute Gasteiger partial charge is 0.122 e. The van der Waals surface area contributed by atoms with E-state index in [1.54, 1.807) is 0 Å². The zero-order valence-electron chi connectivity index (χ0n) is 28.0. The van der Waals surface area contributed by atoms with Crippen LogP contribution < -0.4 is 9.47 Å². The van der Waals surface area contributed by atoms with Gasteiger partial charge >= 0.3 is 0 Å². The zero-order valence-corrected chi connectivity index (χ0v) is 28.0. The summed E-state index contributed by atoms with van der Waals surface area (Å²) in [5.74, 6) is 4.81. The monoisotopic (exact) mass is 632 g/mol. The van der Waals surface area contributed by atoms with Crippen LogP contribution in [0, 0.1) is 11.8 Å². The van der Waals surface area contributed by atoms with E-state index in [-0.39, 0.29) is 30.1 Å². The van der Waals surface area contributed by atoms with Gasteiger partial charge in [0.2, 0.25) is 0 Å². The van der Waals surface area contributed by atoms with Gasteiger partial charge in [-0.15, -0.1) is 0 Å². The van der Waals surface area contributed by atoms with Crippen LogP contribution in [-0.4, -0.2) is 63.1 Å². The highest BCUT2D eigenvalue weighted by atomic mass is 16.6. The fraction of sp³-hybridized carbons (Fsp3) is 0.590. The minimum Gasteiger partial charge on any atom is -0.495 e. The first-order valence-electron chi connectivity index (χ1n) is 17.2. The SMILES string of the molecule is CC(C)(c1ccc(OCC2CO2)cc1)C1CC=C(OCC(O)COc2ccc(C(C)(C)C3CC=C(OCC4CO4)CC3)cc2)CC1. The second-order valence-electron chi connectivity index (χ2n) is 14.6. The Hall–Kier alpha value is -3.00. The number of rotatable bonds is 16. The van der Waals surface area contributed by atoms with Crippen molar-refractivity contribution in [3.63, 3.8) is 0 Å². The minimum absolute atomic E-state index is 0.0372. The van der Waals surface area contributed by atoms with Gasteiger partial charge in [-0.2, -0.15) is 0 Å². The van der Waals surface area contributed by atoms with Crippen LogP contribution in [0.2, 0.25) is 0 Å². The van der Waals surface area contributed by atoms with Crippen LogP contribution in [0.15, 0.2) is 72.2 Å². The van der Waals surface area contributed by atoms with Gasteiger partial charge in [-0.1, -0.05) is 52.0 Å².